The van der Waals surface area contributed by atoms with Crippen LogP contribution < -0.4 is 5.32 Å². The van der Waals surface area contributed by atoms with Gasteiger partial charge in [-0.2, -0.15) is 0 Å². The number of carbonyl (C=O) groups excluding carboxylic acids is 2. The molecule has 0 unspecified atom stereocenters. The molecule has 21 heavy (non-hydrogen) atoms. The Labute approximate surface area is 135 Å². The molecule has 0 radical (unpaired) electrons. The van der Waals surface area contributed by atoms with Gasteiger partial charge in [-0.3, -0.25) is 9.59 Å². The summed E-state index contributed by atoms with van der Waals surface area (Å²) < 4.78 is 6.14. The summed E-state index contributed by atoms with van der Waals surface area (Å²) in [5.41, 5.74) is 0.652. The van der Waals surface area contributed by atoms with Crippen molar-refractivity contribution in [2.45, 2.75) is 18.9 Å². The second kappa shape index (κ2) is 4.71. The third-order valence-corrected chi connectivity index (χ3v) is 6.21. The number of hydrogen-bond donors (Lipinski definition) is 1. The van der Waals surface area contributed by atoms with Crippen LogP contribution in [0.5, 0.6) is 0 Å². The Morgan fingerprint density at radius 2 is 2.19 bits per heavy atom. The van der Waals surface area contributed by atoms with Crippen LogP contribution in [-0.4, -0.2) is 18.0 Å². The Bertz CT molecular complexity index is 648. The van der Waals surface area contributed by atoms with Crippen molar-refractivity contribution in [2.24, 2.45) is 23.7 Å². The van der Waals surface area contributed by atoms with Gasteiger partial charge in [0.2, 0.25) is 5.91 Å². The maximum absolute atomic E-state index is 12.6. The summed E-state index contributed by atoms with van der Waals surface area (Å²) in [7, 11) is 0. The van der Waals surface area contributed by atoms with Crippen LogP contribution >= 0.6 is 27.5 Å². The first-order valence-electron chi connectivity index (χ1n) is 7.01. The topological polar surface area (TPSA) is 55.4 Å². The SMILES string of the molecule is O=C(Nc1ccc(Br)c(Cl)c1)[C@@H]1[C@@H]2C[C@@H]3[C@H]1C(=O)O[C@H]3C2. The first-order valence-corrected chi connectivity index (χ1v) is 8.18. The summed E-state index contributed by atoms with van der Waals surface area (Å²) in [6.07, 6.45) is 1.81. The number of halogens is 2. The van der Waals surface area contributed by atoms with Gasteiger partial charge in [0, 0.05) is 16.1 Å². The predicted molar refractivity (Wildman–Crippen MR) is 80.9 cm³/mol. The van der Waals surface area contributed by atoms with E-state index in [0.29, 0.717) is 10.7 Å². The average molecular weight is 371 g/mol. The summed E-state index contributed by atoms with van der Waals surface area (Å²) >= 11 is 9.35. The number of benzene rings is 1. The van der Waals surface area contributed by atoms with E-state index in [9.17, 15) is 9.59 Å². The van der Waals surface area contributed by atoms with Gasteiger partial charge in [0.15, 0.2) is 0 Å². The van der Waals surface area contributed by atoms with E-state index in [0.717, 1.165) is 17.3 Å². The smallest absolute Gasteiger partial charge is 0.310 e. The maximum atomic E-state index is 12.6. The van der Waals surface area contributed by atoms with E-state index in [1.54, 1.807) is 18.2 Å². The highest BCUT2D eigenvalue weighted by Crippen LogP contribution is 2.57. The Morgan fingerprint density at radius 1 is 1.38 bits per heavy atom. The maximum Gasteiger partial charge on any atom is 0.310 e. The highest BCUT2D eigenvalue weighted by atomic mass is 79.9. The van der Waals surface area contributed by atoms with Gasteiger partial charge in [0.05, 0.1) is 16.9 Å². The summed E-state index contributed by atoms with van der Waals surface area (Å²) in [5.74, 6) is -0.292. The first kappa shape index (κ1) is 13.6. The van der Waals surface area contributed by atoms with Crippen LogP contribution in [0.4, 0.5) is 5.69 Å². The molecule has 0 spiro atoms. The van der Waals surface area contributed by atoms with Crippen LogP contribution in [0.15, 0.2) is 22.7 Å². The Hall–Kier alpha value is -1.07. The van der Waals surface area contributed by atoms with Gasteiger partial charge in [0.25, 0.3) is 0 Å². The molecule has 3 fully saturated rings. The van der Waals surface area contributed by atoms with Crippen LogP contribution in [0.25, 0.3) is 0 Å². The van der Waals surface area contributed by atoms with Crippen LogP contribution in [-0.2, 0) is 14.3 Å². The van der Waals surface area contributed by atoms with E-state index in [1.807, 2.05) is 0 Å². The quantitative estimate of drug-likeness (QED) is 0.813. The zero-order valence-electron chi connectivity index (χ0n) is 11.0. The van der Waals surface area contributed by atoms with Crippen molar-refractivity contribution >= 4 is 45.1 Å². The highest BCUT2D eigenvalue weighted by molar-refractivity contribution is 9.10. The molecule has 2 aliphatic carbocycles. The lowest BCUT2D eigenvalue weighted by atomic mass is 9.79. The molecule has 1 aromatic rings. The van der Waals surface area contributed by atoms with Gasteiger partial charge < -0.3 is 10.1 Å². The minimum atomic E-state index is -0.260. The molecule has 1 aromatic carbocycles. The van der Waals surface area contributed by atoms with Crippen molar-refractivity contribution in [1.29, 1.82) is 0 Å². The number of esters is 1. The standard InChI is InChI=1S/C15H13BrClNO3/c16-9-2-1-7(5-10(9)17)18-14(19)12-6-3-8-11(4-6)21-15(20)13(8)12/h1-2,5-6,8,11-13H,3-4H2,(H,18,19)/t6-,8+,11+,12-,13-/m1/s1. The predicted octanol–water partition coefficient (Wildman–Crippen LogP) is 3.24. The number of anilines is 1. The number of fused-ring (bicyclic) bond motifs is 1. The molecule has 1 saturated heterocycles. The molecular formula is C15H13BrClNO3. The summed E-state index contributed by atoms with van der Waals surface area (Å²) in [4.78, 5) is 24.5. The van der Waals surface area contributed by atoms with Crippen LogP contribution in [0.3, 0.4) is 0 Å². The van der Waals surface area contributed by atoms with E-state index < -0.39 is 0 Å². The lowest BCUT2D eigenvalue weighted by Gasteiger charge is -2.23. The number of carbonyl (C=O) groups is 2. The fourth-order valence-corrected chi connectivity index (χ4v) is 4.59. The van der Waals surface area contributed by atoms with Crippen molar-refractivity contribution in [1.82, 2.24) is 0 Å². The van der Waals surface area contributed by atoms with Crippen LogP contribution in [0.1, 0.15) is 12.8 Å². The summed E-state index contributed by atoms with van der Waals surface area (Å²) in [5, 5.41) is 3.43. The summed E-state index contributed by atoms with van der Waals surface area (Å²) in [6.45, 7) is 0. The van der Waals surface area contributed by atoms with Crippen molar-refractivity contribution in [3.8, 4) is 0 Å². The van der Waals surface area contributed by atoms with Crippen LogP contribution in [0.2, 0.25) is 5.02 Å². The van der Waals surface area contributed by atoms with E-state index >= 15 is 0 Å². The molecule has 2 saturated carbocycles. The van der Waals surface area contributed by atoms with Crippen molar-refractivity contribution in [3.05, 3.63) is 27.7 Å². The molecule has 1 N–H and O–H groups in total. The number of ether oxygens (including phenoxy) is 1. The molecule has 1 aliphatic heterocycles. The summed E-state index contributed by atoms with van der Waals surface area (Å²) in [6, 6.07) is 5.28. The van der Waals surface area contributed by atoms with Gasteiger partial charge in [-0.15, -0.1) is 0 Å². The Balaban J connectivity index is 1.55. The Kier molecular flexibility index (Phi) is 3.05. The number of nitrogens with one attached hydrogen (secondary N) is 1. The average Bonchev–Trinajstić information content (AvgIpc) is 3.04. The van der Waals surface area contributed by atoms with Crippen molar-refractivity contribution in [3.63, 3.8) is 0 Å². The third kappa shape index (κ3) is 2.01. The largest absolute Gasteiger partial charge is 0.462 e. The zero-order valence-corrected chi connectivity index (χ0v) is 13.4. The molecule has 4 rings (SSSR count). The molecule has 6 heteroatoms. The van der Waals surface area contributed by atoms with Crippen molar-refractivity contribution < 1.29 is 14.3 Å². The number of rotatable bonds is 2. The number of amides is 1. The second-order valence-corrected chi connectivity index (χ2v) is 7.30. The molecule has 3 aliphatic rings. The van der Waals surface area contributed by atoms with Gasteiger partial charge in [-0.25, -0.2) is 0 Å². The second-order valence-electron chi connectivity index (χ2n) is 6.04. The van der Waals surface area contributed by atoms with Gasteiger partial charge in [-0.05, 0) is 52.9 Å². The molecule has 4 nitrogen and oxygen atoms in total. The highest BCUT2D eigenvalue weighted by Gasteiger charge is 2.63. The zero-order chi connectivity index (χ0) is 14.7. The van der Waals surface area contributed by atoms with E-state index in [2.05, 4.69) is 21.2 Å². The van der Waals surface area contributed by atoms with Gasteiger partial charge in [-0.1, -0.05) is 11.6 Å². The third-order valence-electron chi connectivity index (χ3n) is 4.97. The molecule has 2 bridgehead atoms. The molecule has 1 amide bonds. The lowest BCUT2D eigenvalue weighted by Crippen LogP contribution is -2.35. The Morgan fingerprint density at radius 3 is 2.95 bits per heavy atom. The van der Waals surface area contributed by atoms with Gasteiger partial charge in [0.1, 0.15) is 6.10 Å². The molecular weight excluding hydrogens is 358 g/mol. The molecule has 5 atom stereocenters. The molecule has 0 aromatic heterocycles. The number of hydrogen-bond acceptors (Lipinski definition) is 3. The molecule has 110 valence electrons. The van der Waals surface area contributed by atoms with Gasteiger partial charge >= 0.3 is 5.97 Å². The van der Waals surface area contributed by atoms with E-state index in [4.69, 9.17) is 16.3 Å². The minimum absolute atomic E-state index is 0.0543. The van der Waals surface area contributed by atoms with E-state index in [1.165, 1.54) is 0 Å². The normalized spacial score (nSPS) is 35.9. The monoisotopic (exact) mass is 369 g/mol. The fourth-order valence-electron chi connectivity index (χ4n) is 4.16. The van der Waals surface area contributed by atoms with Crippen molar-refractivity contribution in [2.75, 3.05) is 5.32 Å². The lowest BCUT2D eigenvalue weighted by molar-refractivity contribution is -0.145. The molecule has 1 heterocycles. The first-order chi connectivity index (χ1) is 10.0. The van der Waals surface area contributed by atoms with E-state index in [-0.39, 0.29) is 41.7 Å². The fraction of sp³-hybridized carbons (Fsp3) is 0.467. The minimum Gasteiger partial charge on any atom is -0.462 e. The van der Waals surface area contributed by atoms with Crippen LogP contribution in [0, 0.1) is 23.7 Å².